The Hall–Kier alpha value is -0.890. The number of hydrogen-bond acceptors (Lipinski definition) is 6. The molecule has 0 aromatic rings. The first-order valence-electron chi connectivity index (χ1n) is 16.9. The molecule has 7 nitrogen and oxygen atoms in total. The van der Waals surface area contributed by atoms with Gasteiger partial charge in [0.1, 0.15) is 12.4 Å². The molecule has 9 heteroatoms. The van der Waals surface area contributed by atoms with Gasteiger partial charge in [-0.3, -0.25) is 9.59 Å². The first kappa shape index (κ1) is 52.6. The van der Waals surface area contributed by atoms with E-state index in [1.807, 2.05) is 6.92 Å². The highest BCUT2D eigenvalue weighted by molar-refractivity contribution is 6.40. The van der Waals surface area contributed by atoms with Crippen molar-refractivity contribution in [2.24, 2.45) is 0 Å². The molecule has 0 aliphatic rings. The Bertz CT molecular complexity index is 551. The van der Waals surface area contributed by atoms with E-state index >= 15 is 0 Å². The van der Waals surface area contributed by atoms with Crippen LogP contribution in [-0.2, 0) is 23.9 Å². The molecular weight excluding hydrogens is 603 g/mol. The molecule has 0 aliphatic heterocycles. The lowest BCUT2D eigenvalue weighted by atomic mass is 10.1. The topological polar surface area (TPSA) is 110 Å². The Kier molecular flexibility index (Phi) is 58.6. The zero-order chi connectivity index (χ0) is 33.4. The van der Waals surface area contributed by atoms with Gasteiger partial charge in [0.05, 0.1) is 11.4 Å². The lowest BCUT2D eigenvalue weighted by Gasteiger charge is -2.16. The molecule has 0 aliphatic carbocycles. The number of esters is 1. The van der Waals surface area contributed by atoms with Gasteiger partial charge in [0.2, 0.25) is 0 Å². The third-order valence-electron chi connectivity index (χ3n) is 6.69. The third kappa shape index (κ3) is 56.8. The number of halogens is 2. The maximum Gasteiger partial charge on any atom is 0.306 e. The van der Waals surface area contributed by atoms with E-state index in [0.29, 0.717) is 12.8 Å². The minimum absolute atomic E-state index is 0. The highest BCUT2D eigenvalue weighted by Crippen LogP contribution is 2.13. The number of alkyl halides is 2. The summed E-state index contributed by atoms with van der Waals surface area (Å²) in [7, 11) is 1.74. The molecule has 0 heterocycles. The summed E-state index contributed by atoms with van der Waals surface area (Å²) in [4.78, 5) is 31.6. The molecule has 0 aromatic carbocycles. The first-order chi connectivity index (χ1) is 20.7. The Morgan fingerprint density at radius 1 is 0.727 bits per heavy atom. The SMILES string of the molecule is C.CCCCCC(CC)OC(=O)CCCCCCCOC.CCCCCC(O)CC.ClCCl.O=CCCCCCCC(=O)O. The Morgan fingerprint density at radius 3 is 1.70 bits per heavy atom. The standard InChI is InChI=1S/C17H34O3.C8H14O3.C8H18O.CH2Cl2.CH4/c1-4-6-10-13-16(5-2)20-17(18)14-11-8-7-9-12-15-19-3;9-7-5-3-1-2-4-6-8(10)11;1-3-5-6-7-8(9)4-2;2-1-3;/h16H,4-15H2,1-3H3;7H,1-6H2,(H,10,11);8-9H,3-7H2,1-2H3;1H2;1H4. The number of carbonyl (C=O) groups is 3. The fraction of sp³-hybridized carbons (Fsp3) is 0.914. The van der Waals surface area contributed by atoms with Crippen LogP contribution in [0.3, 0.4) is 0 Å². The molecule has 0 bridgehead atoms. The fourth-order valence-electron chi connectivity index (χ4n) is 3.95. The van der Waals surface area contributed by atoms with Gasteiger partial charge in [-0.05, 0) is 57.8 Å². The van der Waals surface area contributed by atoms with E-state index in [2.05, 4.69) is 20.8 Å². The fourth-order valence-corrected chi connectivity index (χ4v) is 3.95. The van der Waals surface area contributed by atoms with Gasteiger partial charge in [0.25, 0.3) is 0 Å². The van der Waals surface area contributed by atoms with E-state index < -0.39 is 5.97 Å². The van der Waals surface area contributed by atoms with Crippen molar-refractivity contribution >= 4 is 41.4 Å². The maximum atomic E-state index is 11.7. The number of rotatable bonds is 26. The zero-order valence-electron chi connectivity index (χ0n) is 28.4. The van der Waals surface area contributed by atoms with Crippen LogP contribution in [0.15, 0.2) is 0 Å². The lowest BCUT2D eigenvalue weighted by Crippen LogP contribution is -2.17. The van der Waals surface area contributed by atoms with Gasteiger partial charge < -0.3 is 24.5 Å². The number of methoxy groups -OCH3 is 1. The molecule has 0 aromatic heterocycles. The van der Waals surface area contributed by atoms with Gasteiger partial charge >= 0.3 is 11.9 Å². The summed E-state index contributed by atoms with van der Waals surface area (Å²) < 4.78 is 10.5. The van der Waals surface area contributed by atoms with Crippen molar-refractivity contribution in [2.75, 3.05) is 19.1 Å². The number of aldehydes is 1. The van der Waals surface area contributed by atoms with E-state index in [4.69, 9.17) is 42.9 Å². The van der Waals surface area contributed by atoms with Crippen LogP contribution in [0.2, 0.25) is 0 Å². The highest BCUT2D eigenvalue weighted by Gasteiger charge is 2.11. The van der Waals surface area contributed by atoms with Crippen LogP contribution in [0.1, 0.15) is 176 Å². The average Bonchev–Trinajstić information content (AvgIpc) is 2.99. The van der Waals surface area contributed by atoms with E-state index in [-0.39, 0.29) is 37.4 Å². The number of hydrogen-bond donors (Lipinski definition) is 2. The largest absolute Gasteiger partial charge is 0.481 e. The van der Waals surface area contributed by atoms with E-state index in [0.717, 1.165) is 83.5 Å². The number of carboxylic acid groups (broad SMARTS) is 1. The molecule has 0 saturated heterocycles. The Balaban J connectivity index is -0.000000178. The van der Waals surface area contributed by atoms with Crippen molar-refractivity contribution in [3.63, 3.8) is 0 Å². The van der Waals surface area contributed by atoms with E-state index in [9.17, 15) is 14.4 Å². The smallest absolute Gasteiger partial charge is 0.306 e. The summed E-state index contributed by atoms with van der Waals surface area (Å²) in [5.74, 6) is -0.745. The molecule has 2 unspecified atom stereocenters. The molecule has 44 heavy (non-hydrogen) atoms. The molecular formula is C35H72Cl2O7. The van der Waals surface area contributed by atoms with Crippen molar-refractivity contribution in [1.29, 1.82) is 0 Å². The summed E-state index contributed by atoms with van der Waals surface area (Å²) in [6, 6.07) is 0. The van der Waals surface area contributed by atoms with E-state index in [1.165, 1.54) is 51.4 Å². The number of aliphatic hydroxyl groups excluding tert-OH is 1. The summed E-state index contributed by atoms with van der Waals surface area (Å²) >= 11 is 9.53. The van der Waals surface area contributed by atoms with Crippen LogP contribution in [0.4, 0.5) is 0 Å². The molecule has 0 spiro atoms. The maximum absolute atomic E-state index is 11.7. The van der Waals surface area contributed by atoms with Crippen LogP contribution in [0.25, 0.3) is 0 Å². The second-order valence-corrected chi connectivity index (χ2v) is 11.5. The van der Waals surface area contributed by atoms with E-state index in [1.54, 1.807) is 7.11 Å². The second-order valence-electron chi connectivity index (χ2n) is 10.7. The predicted molar refractivity (Wildman–Crippen MR) is 189 cm³/mol. The molecule has 2 N–H and O–H groups in total. The molecule has 2 atom stereocenters. The summed E-state index contributed by atoms with van der Waals surface area (Å²) in [5.41, 5.74) is 0. The predicted octanol–water partition coefficient (Wildman–Crippen LogP) is 10.9. The number of carboxylic acids is 1. The molecule has 0 amide bonds. The van der Waals surface area contributed by atoms with Gasteiger partial charge in [0.15, 0.2) is 0 Å². The van der Waals surface area contributed by atoms with Crippen molar-refractivity contribution < 1.29 is 34.1 Å². The molecule has 0 rings (SSSR count). The van der Waals surface area contributed by atoms with Crippen molar-refractivity contribution in [1.82, 2.24) is 0 Å². The third-order valence-corrected chi connectivity index (χ3v) is 6.69. The number of carbonyl (C=O) groups excluding carboxylic acids is 2. The van der Waals surface area contributed by atoms with Crippen LogP contribution in [0.5, 0.6) is 0 Å². The summed E-state index contributed by atoms with van der Waals surface area (Å²) in [6.07, 6.45) is 22.7. The van der Waals surface area contributed by atoms with Gasteiger partial charge in [-0.1, -0.05) is 99.3 Å². The van der Waals surface area contributed by atoms with Gasteiger partial charge in [0, 0.05) is 33.0 Å². The number of aliphatic hydroxyl groups is 1. The van der Waals surface area contributed by atoms with Crippen LogP contribution in [0, 0.1) is 0 Å². The Labute approximate surface area is 282 Å². The summed E-state index contributed by atoms with van der Waals surface area (Å²) in [6.45, 7) is 9.34. The van der Waals surface area contributed by atoms with Crippen molar-refractivity contribution in [3.05, 3.63) is 0 Å². The van der Waals surface area contributed by atoms with Gasteiger partial charge in [-0.2, -0.15) is 0 Å². The van der Waals surface area contributed by atoms with Crippen LogP contribution < -0.4 is 0 Å². The number of ether oxygens (including phenoxy) is 2. The van der Waals surface area contributed by atoms with Crippen LogP contribution in [-0.4, -0.2) is 59.7 Å². The Morgan fingerprint density at radius 2 is 1.23 bits per heavy atom. The van der Waals surface area contributed by atoms with Crippen LogP contribution >= 0.6 is 23.2 Å². The minimum atomic E-state index is -0.736. The minimum Gasteiger partial charge on any atom is -0.481 e. The molecule has 0 fully saturated rings. The molecule has 0 radical (unpaired) electrons. The second kappa shape index (κ2) is 49.0. The lowest BCUT2D eigenvalue weighted by molar-refractivity contribution is -0.149. The normalized spacial score (nSPS) is 11.2. The molecule has 268 valence electrons. The number of unbranched alkanes of at least 4 members (excludes halogenated alkanes) is 12. The van der Waals surface area contributed by atoms with Crippen molar-refractivity contribution in [3.8, 4) is 0 Å². The van der Waals surface area contributed by atoms with Crippen molar-refractivity contribution in [2.45, 2.75) is 189 Å². The highest BCUT2D eigenvalue weighted by atomic mass is 35.5. The monoisotopic (exact) mass is 674 g/mol. The zero-order valence-corrected chi connectivity index (χ0v) is 29.9. The van der Waals surface area contributed by atoms with Gasteiger partial charge in [-0.15, -0.1) is 23.2 Å². The average molecular weight is 676 g/mol. The quantitative estimate of drug-likeness (QED) is 0.0406. The first-order valence-corrected chi connectivity index (χ1v) is 17.9. The summed E-state index contributed by atoms with van der Waals surface area (Å²) in [5, 5.41) is 17.5. The number of aliphatic carboxylic acids is 1. The van der Waals surface area contributed by atoms with Gasteiger partial charge in [-0.25, -0.2) is 0 Å². The molecule has 0 saturated carbocycles.